The van der Waals surface area contributed by atoms with Crippen LogP contribution in [0.4, 0.5) is 10.1 Å². The number of hydrogen-bond acceptors (Lipinski definition) is 3. The second-order valence-corrected chi connectivity index (χ2v) is 6.33. The molecule has 2 aromatic carbocycles. The van der Waals surface area contributed by atoms with E-state index in [1.165, 1.54) is 6.07 Å². The monoisotopic (exact) mass is 372 g/mol. The molecule has 0 unspecified atom stereocenters. The highest BCUT2D eigenvalue weighted by Crippen LogP contribution is 2.43. The first-order valence-corrected chi connectivity index (χ1v) is 8.18. The zero-order chi connectivity index (χ0) is 17.6. The van der Waals surface area contributed by atoms with Gasteiger partial charge in [0.05, 0.1) is 21.3 Å². The summed E-state index contributed by atoms with van der Waals surface area (Å²) < 4.78 is 20.5. The number of anilines is 1. The first-order chi connectivity index (χ1) is 12.1. The topological polar surface area (TPSA) is 52.0 Å². The minimum atomic E-state index is -0.412. The van der Waals surface area contributed by atoms with Gasteiger partial charge >= 0.3 is 0 Å². The number of nitrogens with two attached hydrogens (primary N) is 1. The van der Waals surface area contributed by atoms with Gasteiger partial charge in [0.1, 0.15) is 11.4 Å². The summed E-state index contributed by atoms with van der Waals surface area (Å²) in [6, 6.07) is 11.6. The maximum Gasteiger partial charge on any atom is 0.161 e. The van der Waals surface area contributed by atoms with Crippen LogP contribution in [-0.2, 0) is 0 Å². The molecule has 2 aromatic heterocycles. The molecule has 25 heavy (non-hydrogen) atoms. The van der Waals surface area contributed by atoms with Gasteiger partial charge < -0.3 is 10.2 Å². The van der Waals surface area contributed by atoms with Crippen LogP contribution < -0.4 is 5.73 Å². The Morgan fingerprint density at radius 3 is 2.48 bits per heavy atom. The number of nitrogen functional groups attached to an aromatic ring is 1. The molecule has 0 aliphatic heterocycles. The van der Waals surface area contributed by atoms with Crippen LogP contribution in [0.25, 0.3) is 33.4 Å². The van der Waals surface area contributed by atoms with Crippen LogP contribution in [0.2, 0.25) is 10.0 Å². The Balaban J connectivity index is 1.97. The van der Waals surface area contributed by atoms with Gasteiger partial charge in [-0.2, -0.15) is 0 Å². The molecule has 0 saturated heterocycles. The Morgan fingerprint density at radius 2 is 1.80 bits per heavy atom. The lowest BCUT2D eigenvalue weighted by Gasteiger charge is -2.04. The number of benzene rings is 2. The van der Waals surface area contributed by atoms with Gasteiger partial charge in [-0.3, -0.25) is 4.98 Å². The Kier molecular flexibility index (Phi) is 3.86. The Hall–Kier alpha value is -2.56. The van der Waals surface area contributed by atoms with E-state index in [0.717, 1.165) is 0 Å². The number of aromatic nitrogens is 1. The molecule has 0 saturated carbocycles. The van der Waals surface area contributed by atoms with Crippen molar-refractivity contribution in [3.8, 4) is 22.5 Å². The average Bonchev–Trinajstić information content (AvgIpc) is 2.91. The molecule has 4 aromatic rings. The van der Waals surface area contributed by atoms with Gasteiger partial charge in [-0.05, 0) is 30.3 Å². The van der Waals surface area contributed by atoms with E-state index >= 15 is 0 Å². The van der Waals surface area contributed by atoms with E-state index in [4.69, 9.17) is 33.4 Å². The van der Waals surface area contributed by atoms with E-state index in [-0.39, 0.29) is 0 Å². The van der Waals surface area contributed by atoms with Crippen LogP contribution in [0.5, 0.6) is 0 Å². The second kappa shape index (κ2) is 6.06. The summed E-state index contributed by atoms with van der Waals surface area (Å²) in [6.45, 7) is 0. The fourth-order valence-corrected chi connectivity index (χ4v) is 3.35. The van der Waals surface area contributed by atoms with Gasteiger partial charge in [-0.15, -0.1) is 0 Å². The third-order valence-corrected chi connectivity index (χ3v) is 4.61. The summed E-state index contributed by atoms with van der Waals surface area (Å²) in [4.78, 5) is 4.02. The molecule has 0 fully saturated rings. The molecule has 2 N–H and O–H groups in total. The van der Waals surface area contributed by atoms with E-state index in [0.29, 0.717) is 49.2 Å². The van der Waals surface area contributed by atoms with Crippen LogP contribution in [0.15, 0.2) is 59.3 Å². The van der Waals surface area contributed by atoms with Gasteiger partial charge in [0.2, 0.25) is 0 Å². The maximum absolute atomic E-state index is 14.6. The number of halogens is 3. The number of furan rings is 1. The van der Waals surface area contributed by atoms with Gasteiger partial charge in [0.25, 0.3) is 0 Å². The van der Waals surface area contributed by atoms with Gasteiger partial charge in [0, 0.05) is 28.9 Å². The van der Waals surface area contributed by atoms with Crippen molar-refractivity contribution in [2.45, 2.75) is 0 Å². The normalized spacial score (nSPS) is 11.2. The lowest BCUT2D eigenvalue weighted by molar-refractivity contribution is 0.622. The first-order valence-electron chi connectivity index (χ1n) is 7.42. The average molecular weight is 373 g/mol. The minimum absolute atomic E-state index is 0.293. The zero-order valence-corrected chi connectivity index (χ0v) is 14.3. The van der Waals surface area contributed by atoms with E-state index in [2.05, 4.69) is 4.98 Å². The largest absolute Gasteiger partial charge is 0.454 e. The van der Waals surface area contributed by atoms with Crippen LogP contribution in [0, 0.1) is 5.82 Å². The Morgan fingerprint density at radius 1 is 1.04 bits per heavy atom. The van der Waals surface area contributed by atoms with E-state index in [9.17, 15) is 4.39 Å². The minimum Gasteiger partial charge on any atom is -0.454 e. The Labute approximate surface area is 152 Å². The summed E-state index contributed by atoms with van der Waals surface area (Å²) in [5.41, 5.74) is 8.43. The number of fused-ring (bicyclic) bond motifs is 1. The van der Waals surface area contributed by atoms with Crippen LogP contribution >= 0.6 is 23.2 Å². The molecule has 0 aliphatic rings. The van der Waals surface area contributed by atoms with Gasteiger partial charge in [-0.1, -0.05) is 35.3 Å². The SMILES string of the molecule is Nc1c(-c2c(Cl)cccc2Cl)oc2cc(-c3cccnc3)c(F)cc12. The predicted octanol–water partition coefficient (Wildman–Crippen LogP) is 6.19. The fraction of sp³-hybridized carbons (Fsp3) is 0. The number of rotatable bonds is 2. The van der Waals surface area contributed by atoms with Gasteiger partial charge in [-0.25, -0.2) is 4.39 Å². The van der Waals surface area contributed by atoms with Crippen molar-refractivity contribution in [3.63, 3.8) is 0 Å². The van der Waals surface area contributed by atoms with Crippen molar-refractivity contribution < 1.29 is 8.81 Å². The summed E-state index contributed by atoms with van der Waals surface area (Å²) in [7, 11) is 0. The van der Waals surface area contributed by atoms with Crippen molar-refractivity contribution in [3.05, 3.63) is 70.7 Å². The highest BCUT2D eigenvalue weighted by atomic mass is 35.5. The number of hydrogen-bond donors (Lipinski definition) is 1. The van der Waals surface area contributed by atoms with Crippen LogP contribution in [0.1, 0.15) is 0 Å². The van der Waals surface area contributed by atoms with Crippen molar-refractivity contribution in [1.82, 2.24) is 4.98 Å². The maximum atomic E-state index is 14.6. The standard InChI is InChI=1S/C19H11Cl2FN2O/c20-13-4-1-5-14(21)17(13)19-18(23)12-7-15(22)11(8-16(12)25-19)10-3-2-6-24-9-10/h1-9H,23H2. The zero-order valence-electron chi connectivity index (χ0n) is 12.8. The summed E-state index contributed by atoms with van der Waals surface area (Å²) >= 11 is 12.5. The summed E-state index contributed by atoms with van der Waals surface area (Å²) in [5, 5.41) is 1.29. The molecule has 4 rings (SSSR count). The van der Waals surface area contributed by atoms with E-state index < -0.39 is 5.82 Å². The van der Waals surface area contributed by atoms with Gasteiger partial charge in [0.15, 0.2) is 5.76 Å². The summed E-state index contributed by atoms with van der Waals surface area (Å²) in [5.74, 6) is -0.0851. The molecule has 2 heterocycles. The summed E-state index contributed by atoms with van der Waals surface area (Å²) in [6.07, 6.45) is 3.21. The van der Waals surface area contributed by atoms with E-state index in [1.54, 1.807) is 48.8 Å². The molecular weight excluding hydrogens is 362 g/mol. The Bertz CT molecular complexity index is 1070. The molecule has 6 heteroatoms. The molecule has 0 bridgehead atoms. The van der Waals surface area contributed by atoms with Crippen molar-refractivity contribution in [2.75, 3.05) is 5.73 Å². The first kappa shape index (κ1) is 15.9. The van der Waals surface area contributed by atoms with E-state index in [1.807, 2.05) is 0 Å². The molecule has 0 amide bonds. The molecular formula is C19H11Cl2FN2O. The smallest absolute Gasteiger partial charge is 0.161 e. The molecule has 124 valence electrons. The highest BCUT2D eigenvalue weighted by Gasteiger charge is 2.20. The predicted molar refractivity (Wildman–Crippen MR) is 99.3 cm³/mol. The second-order valence-electron chi connectivity index (χ2n) is 5.51. The van der Waals surface area contributed by atoms with Crippen molar-refractivity contribution in [1.29, 1.82) is 0 Å². The lowest BCUT2D eigenvalue weighted by Crippen LogP contribution is -1.89. The molecule has 0 aliphatic carbocycles. The third-order valence-electron chi connectivity index (χ3n) is 3.98. The molecule has 0 atom stereocenters. The van der Waals surface area contributed by atoms with Crippen molar-refractivity contribution in [2.24, 2.45) is 0 Å². The molecule has 0 spiro atoms. The third kappa shape index (κ3) is 2.64. The molecule has 0 radical (unpaired) electrons. The lowest BCUT2D eigenvalue weighted by atomic mass is 10.0. The fourth-order valence-electron chi connectivity index (χ4n) is 2.78. The van der Waals surface area contributed by atoms with Crippen LogP contribution in [0.3, 0.4) is 0 Å². The molecule has 3 nitrogen and oxygen atoms in total. The number of nitrogens with zero attached hydrogens (tertiary/aromatic N) is 1. The highest BCUT2D eigenvalue weighted by molar-refractivity contribution is 6.39. The van der Waals surface area contributed by atoms with Crippen LogP contribution in [-0.4, -0.2) is 4.98 Å². The number of pyridine rings is 1. The van der Waals surface area contributed by atoms with Crippen molar-refractivity contribution >= 4 is 39.9 Å². The quantitative estimate of drug-likeness (QED) is 0.456.